The Labute approximate surface area is 200 Å². The summed E-state index contributed by atoms with van der Waals surface area (Å²) >= 11 is 0. The summed E-state index contributed by atoms with van der Waals surface area (Å²) in [5.74, 6) is 0.237. The van der Waals surface area contributed by atoms with Gasteiger partial charge in [-0.05, 0) is 67.6 Å². The summed E-state index contributed by atoms with van der Waals surface area (Å²) < 4.78 is 5.22. The minimum absolute atomic E-state index is 0.131. The molecule has 1 aliphatic rings. The molecular formula is C28H31N3O3. The van der Waals surface area contributed by atoms with E-state index in [9.17, 15) is 9.59 Å². The largest absolute Gasteiger partial charge is 0.497 e. The van der Waals surface area contributed by atoms with Crippen LogP contribution in [0.4, 0.5) is 11.4 Å². The molecule has 0 atom stereocenters. The van der Waals surface area contributed by atoms with Gasteiger partial charge in [-0.2, -0.15) is 0 Å². The van der Waals surface area contributed by atoms with E-state index in [-0.39, 0.29) is 11.8 Å². The molecule has 6 nitrogen and oxygen atoms in total. The van der Waals surface area contributed by atoms with Gasteiger partial charge in [-0.25, -0.2) is 0 Å². The van der Waals surface area contributed by atoms with E-state index in [1.165, 1.54) is 12.0 Å². The molecule has 1 saturated heterocycles. The van der Waals surface area contributed by atoms with Gasteiger partial charge in [0.15, 0.2) is 0 Å². The van der Waals surface area contributed by atoms with Gasteiger partial charge in [0.2, 0.25) is 0 Å². The molecule has 6 heteroatoms. The number of benzene rings is 3. The van der Waals surface area contributed by atoms with Crippen molar-refractivity contribution in [2.45, 2.75) is 25.7 Å². The van der Waals surface area contributed by atoms with Gasteiger partial charge in [-0.15, -0.1) is 0 Å². The highest BCUT2D eigenvalue weighted by Gasteiger charge is 2.20. The fourth-order valence-corrected chi connectivity index (χ4v) is 4.23. The number of nitrogens with zero attached hydrogens (tertiary/aromatic N) is 1. The van der Waals surface area contributed by atoms with Gasteiger partial charge >= 0.3 is 0 Å². The van der Waals surface area contributed by atoms with Crippen molar-refractivity contribution in [1.29, 1.82) is 0 Å². The summed E-state index contributed by atoms with van der Waals surface area (Å²) in [5, 5.41) is 5.98. The molecule has 0 spiro atoms. The lowest BCUT2D eigenvalue weighted by atomic mass is 10.1. The summed E-state index contributed by atoms with van der Waals surface area (Å²) in [5.41, 5.74) is 3.75. The highest BCUT2D eigenvalue weighted by Crippen LogP contribution is 2.28. The van der Waals surface area contributed by atoms with Gasteiger partial charge in [-0.1, -0.05) is 36.4 Å². The van der Waals surface area contributed by atoms with Crippen molar-refractivity contribution in [3.05, 3.63) is 89.5 Å². The van der Waals surface area contributed by atoms with Crippen molar-refractivity contribution in [2.24, 2.45) is 0 Å². The number of rotatable bonds is 8. The standard InChI is InChI=1S/C28H31N3O3/c1-34-24-12-8-11-22(19-24)27(32)30-23-13-14-26(31-17-6-3-7-18-31)25(20-23)28(33)29-16-15-21-9-4-2-5-10-21/h2,4-5,8-14,19-20H,3,6-7,15-18H2,1H3,(H,29,33)(H,30,32). The van der Waals surface area contributed by atoms with Crippen molar-refractivity contribution in [3.8, 4) is 5.75 Å². The third-order valence-corrected chi connectivity index (χ3v) is 6.07. The van der Waals surface area contributed by atoms with Gasteiger partial charge in [0.05, 0.1) is 12.7 Å². The summed E-state index contributed by atoms with van der Waals surface area (Å²) in [6.45, 7) is 2.41. The summed E-state index contributed by atoms with van der Waals surface area (Å²) in [6.07, 6.45) is 4.20. The fraction of sp³-hybridized carbons (Fsp3) is 0.286. The lowest BCUT2D eigenvalue weighted by Gasteiger charge is -2.30. The Morgan fingerprint density at radius 3 is 2.44 bits per heavy atom. The average molecular weight is 458 g/mol. The summed E-state index contributed by atoms with van der Waals surface area (Å²) in [7, 11) is 1.57. The number of anilines is 2. The van der Waals surface area contributed by atoms with Crippen LogP contribution in [-0.4, -0.2) is 38.6 Å². The van der Waals surface area contributed by atoms with Gasteiger partial charge in [0.25, 0.3) is 11.8 Å². The van der Waals surface area contributed by atoms with Crippen LogP contribution < -0.4 is 20.3 Å². The number of amides is 2. The van der Waals surface area contributed by atoms with Crippen LogP contribution in [0.1, 0.15) is 45.5 Å². The number of carbonyl (C=O) groups is 2. The minimum Gasteiger partial charge on any atom is -0.497 e. The first-order valence-electron chi connectivity index (χ1n) is 11.8. The predicted molar refractivity (Wildman–Crippen MR) is 136 cm³/mol. The molecule has 0 aromatic heterocycles. The Morgan fingerprint density at radius 2 is 1.68 bits per heavy atom. The van der Waals surface area contributed by atoms with Crippen molar-refractivity contribution in [1.82, 2.24) is 5.32 Å². The van der Waals surface area contributed by atoms with Crippen LogP contribution in [0.15, 0.2) is 72.8 Å². The normalized spacial score (nSPS) is 13.3. The van der Waals surface area contributed by atoms with Gasteiger partial charge < -0.3 is 20.3 Å². The lowest BCUT2D eigenvalue weighted by Crippen LogP contribution is -2.33. The van der Waals surface area contributed by atoms with E-state index >= 15 is 0 Å². The molecule has 34 heavy (non-hydrogen) atoms. The molecule has 2 N–H and O–H groups in total. The van der Waals surface area contributed by atoms with Crippen molar-refractivity contribution in [3.63, 3.8) is 0 Å². The van der Waals surface area contributed by atoms with Gasteiger partial charge in [0, 0.05) is 36.6 Å². The van der Waals surface area contributed by atoms with Crippen molar-refractivity contribution < 1.29 is 14.3 Å². The Balaban J connectivity index is 1.52. The third-order valence-electron chi connectivity index (χ3n) is 6.07. The Morgan fingerprint density at radius 1 is 0.882 bits per heavy atom. The SMILES string of the molecule is COc1cccc(C(=O)Nc2ccc(N3CCCCC3)c(C(=O)NCCc3ccccc3)c2)c1. The first-order valence-corrected chi connectivity index (χ1v) is 11.8. The zero-order valence-corrected chi connectivity index (χ0v) is 19.5. The maximum Gasteiger partial charge on any atom is 0.255 e. The van der Waals surface area contributed by atoms with Crippen LogP contribution in [0.25, 0.3) is 0 Å². The van der Waals surface area contributed by atoms with Crippen LogP contribution in [0, 0.1) is 0 Å². The van der Waals surface area contributed by atoms with E-state index in [4.69, 9.17) is 4.74 Å². The lowest BCUT2D eigenvalue weighted by molar-refractivity contribution is 0.0953. The maximum absolute atomic E-state index is 13.2. The second-order valence-electron chi connectivity index (χ2n) is 8.46. The number of nitrogens with one attached hydrogen (secondary N) is 2. The minimum atomic E-state index is -0.250. The topological polar surface area (TPSA) is 70.7 Å². The molecule has 176 valence electrons. The molecule has 0 saturated carbocycles. The third kappa shape index (κ3) is 5.95. The monoisotopic (exact) mass is 457 g/mol. The quantitative estimate of drug-likeness (QED) is 0.504. The Kier molecular flexibility index (Phi) is 7.81. The summed E-state index contributed by atoms with van der Waals surface area (Å²) in [4.78, 5) is 28.3. The maximum atomic E-state index is 13.2. The highest BCUT2D eigenvalue weighted by atomic mass is 16.5. The van der Waals surface area contributed by atoms with Crippen LogP contribution in [-0.2, 0) is 6.42 Å². The molecule has 1 heterocycles. The van der Waals surface area contributed by atoms with Crippen LogP contribution in [0.5, 0.6) is 5.75 Å². The zero-order chi connectivity index (χ0) is 23.8. The van der Waals surface area contributed by atoms with Crippen LogP contribution >= 0.6 is 0 Å². The zero-order valence-electron chi connectivity index (χ0n) is 19.5. The van der Waals surface area contributed by atoms with E-state index in [0.717, 1.165) is 38.0 Å². The molecule has 1 fully saturated rings. The molecule has 0 radical (unpaired) electrons. The summed E-state index contributed by atoms with van der Waals surface area (Å²) in [6, 6.07) is 22.7. The molecule has 3 aromatic rings. The van der Waals surface area contributed by atoms with Gasteiger partial charge in [0.1, 0.15) is 5.75 Å². The van der Waals surface area contributed by atoms with E-state index in [1.54, 1.807) is 37.4 Å². The average Bonchev–Trinajstić information content (AvgIpc) is 2.89. The molecule has 3 aromatic carbocycles. The number of hydrogen-bond acceptors (Lipinski definition) is 4. The molecule has 0 bridgehead atoms. The number of hydrogen-bond donors (Lipinski definition) is 2. The van der Waals surface area contributed by atoms with E-state index in [1.807, 2.05) is 30.3 Å². The number of ether oxygens (including phenoxy) is 1. The van der Waals surface area contributed by atoms with Crippen LogP contribution in [0.2, 0.25) is 0 Å². The highest BCUT2D eigenvalue weighted by molar-refractivity contribution is 6.06. The Hall–Kier alpha value is -3.80. The van der Waals surface area contributed by atoms with E-state index in [2.05, 4.69) is 27.7 Å². The predicted octanol–water partition coefficient (Wildman–Crippen LogP) is 4.91. The fourth-order valence-electron chi connectivity index (χ4n) is 4.23. The molecule has 0 unspecified atom stereocenters. The molecule has 4 rings (SSSR count). The smallest absolute Gasteiger partial charge is 0.255 e. The number of methoxy groups -OCH3 is 1. The molecular weight excluding hydrogens is 426 g/mol. The van der Waals surface area contributed by atoms with E-state index < -0.39 is 0 Å². The second-order valence-corrected chi connectivity index (χ2v) is 8.46. The van der Waals surface area contributed by atoms with Crippen LogP contribution in [0.3, 0.4) is 0 Å². The van der Waals surface area contributed by atoms with Crippen molar-refractivity contribution in [2.75, 3.05) is 37.0 Å². The first-order chi connectivity index (χ1) is 16.6. The Bertz CT molecular complexity index is 1120. The molecule has 1 aliphatic heterocycles. The number of piperidine rings is 1. The van der Waals surface area contributed by atoms with Gasteiger partial charge in [-0.3, -0.25) is 9.59 Å². The molecule has 0 aliphatic carbocycles. The first kappa shape index (κ1) is 23.4. The molecule has 2 amide bonds. The van der Waals surface area contributed by atoms with E-state index in [0.29, 0.717) is 29.1 Å². The van der Waals surface area contributed by atoms with Crippen molar-refractivity contribution >= 4 is 23.2 Å². The second kappa shape index (κ2) is 11.4. The number of carbonyl (C=O) groups excluding carboxylic acids is 2.